The van der Waals surface area contributed by atoms with Crippen LogP contribution in [-0.4, -0.2) is 13.1 Å². The van der Waals surface area contributed by atoms with E-state index in [-0.39, 0.29) is 18.4 Å². The first kappa shape index (κ1) is 16.0. The highest BCUT2D eigenvalue weighted by molar-refractivity contribution is 7.08. The van der Waals surface area contributed by atoms with Crippen LogP contribution in [0, 0.1) is 0 Å². The lowest BCUT2D eigenvalue weighted by Gasteiger charge is -2.21. The van der Waals surface area contributed by atoms with E-state index in [9.17, 15) is 0 Å². The van der Waals surface area contributed by atoms with Gasteiger partial charge in [-0.05, 0) is 53.9 Å². The normalized spacial score (nSPS) is 11.7. The molecule has 2 aromatic rings. The van der Waals surface area contributed by atoms with Crippen molar-refractivity contribution in [1.29, 1.82) is 0 Å². The lowest BCUT2D eigenvalue weighted by Crippen LogP contribution is -2.21. The molecule has 0 saturated heterocycles. The summed E-state index contributed by atoms with van der Waals surface area (Å²) in [6.07, 6.45) is 0. The highest BCUT2D eigenvalue weighted by atomic mass is 35.5. The van der Waals surface area contributed by atoms with Crippen molar-refractivity contribution in [3.63, 3.8) is 0 Å². The van der Waals surface area contributed by atoms with E-state index in [2.05, 4.69) is 59.8 Å². The molecular formula is C15H21ClN2S. The summed E-state index contributed by atoms with van der Waals surface area (Å²) in [5, 5.41) is 4.18. The van der Waals surface area contributed by atoms with E-state index in [1.807, 2.05) is 0 Å². The lowest BCUT2D eigenvalue weighted by molar-refractivity contribution is 0.856. The van der Waals surface area contributed by atoms with Gasteiger partial charge in [0.25, 0.3) is 0 Å². The molecule has 0 aliphatic carbocycles. The van der Waals surface area contributed by atoms with Crippen LogP contribution >= 0.6 is 23.7 Å². The third-order valence-corrected chi connectivity index (χ3v) is 3.98. The van der Waals surface area contributed by atoms with Crippen LogP contribution in [-0.2, 0) is 0 Å². The van der Waals surface area contributed by atoms with Gasteiger partial charge in [-0.2, -0.15) is 11.3 Å². The third kappa shape index (κ3) is 3.72. The van der Waals surface area contributed by atoms with E-state index >= 15 is 0 Å². The average Bonchev–Trinajstić information content (AvgIpc) is 2.94. The lowest BCUT2D eigenvalue weighted by atomic mass is 10.0. The molecule has 104 valence electrons. The molecule has 1 aromatic heterocycles. The maximum atomic E-state index is 6.24. The van der Waals surface area contributed by atoms with Crippen LogP contribution in [0.25, 0.3) is 0 Å². The first-order valence-electron chi connectivity index (χ1n) is 6.38. The summed E-state index contributed by atoms with van der Waals surface area (Å²) in [4.78, 5) is 2.33. The summed E-state index contributed by atoms with van der Waals surface area (Å²) >= 11 is 1.69. The van der Waals surface area contributed by atoms with Gasteiger partial charge in [-0.1, -0.05) is 12.1 Å². The van der Waals surface area contributed by atoms with Gasteiger partial charge in [-0.25, -0.2) is 0 Å². The molecule has 0 fully saturated rings. The second-order valence-electron chi connectivity index (χ2n) is 4.30. The number of rotatable bonds is 5. The smallest absolute Gasteiger partial charge is 0.0559 e. The van der Waals surface area contributed by atoms with Gasteiger partial charge >= 0.3 is 0 Å². The van der Waals surface area contributed by atoms with E-state index in [1.165, 1.54) is 16.8 Å². The van der Waals surface area contributed by atoms with Gasteiger partial charge in [-0.15, -0.1) is 12.4 Å². The topological polar surface area (TPSA) is 29.3 Å². The summed E-state index contributed by atoms with van der Waals surface area (Å²) in [7, 11) is 0. The van der Waals surface area contributed by atoms with Crippen LogP contribution < -0.4 is 10.6 Å². The van der Waals surface area contributed by atoms with Gasteiger partial charge in [0.2, 0.25) is 0 Å². The first-order valence-corrected chi connectivity index (χ1v) is 7.33. The van der Waals surface area contributed by atoms with Crippen molar-refractivity contribution >= 4 is 29.4 Å². The molecule has 0 saturated carbocycles. The summed E-state index contributed by atoms with van der Waals surface area (Å²) in [6.45, 7) is 6.42. The Hall–Kier alpha value is -1.03. The quantitative estimate of drug-likeness (QED) is 0.901. The zero-order chi connectivity index (χ0) is 13.0. The highest BCUT2D eigenvalue weighted by Gasteiger charge is 2.09. The van der Waals surface area contributed by atoms with Crippen molar-refractivity contribution < 1.29 is 0 Å². The number of nitrogens with two attached hydrogens (primary N) is 1. The van der Waals surface area contributed by atoms with Gasteiger partial charge in [0.15, 0.2) is 0 Å². The number of hydrogen-bond donors (Lipinski definition) is 1. The van der Waals surface area contributed by atoms with Crippen LogP contribution in [0.5, 0.6) is 0 Å². The fraction of sp³-hybridized carbons (Fsp3) is 0.333. The molecule has 0 bridgehead atoms. The van der Waals surface area contributed by atoms with Crippen molar-refractivity contribution in [1.82, 2.24) is 0 Å². The van der Waals surface area contributed by atoms with E-state index in [4.69, 9.17) is 5.73 Å². The number of halogens is 1. The Kier molecular flexibility index (Phi) is 6.35. The Bertz CT molecular complexity index is 463. The predicted molar refractivity (Wildman–Crippen MR) is 87.6 cm³/mol. The molecular weight excluding hydrogens is 276 g/mol. The monoisotopic (exact) mass is 296 g/mol. The van der Waals surface area contributed by atoms with Crippen LogP contribution in [0.3, 0.4) is 0 Å². The highest BCUT2D eigenvalue weighted by Crippen LogP contribution is 2.24. The Morgan fingerprint density at radius 2 is 1.68 bits per heavy atom. The van der Waals surface area contributed by atoms with Gasteiger partial charge in [0.1, 0.15) is 0 Å². The molecule has 2 rings (SSSR count). The molecule has 0 aliphatic rings. The van der Waals surface area contributed by atoms with Gasteiger partial charge < -0.3 is 10.6 Å². The minimum absolute atomic E-state index is 0. The molecule has 1 aromatic carbocycles. The standard InChI is InChI=1S/C15H20N2S.ClH/c1-3-17(4-2)14-7-5-12(6-8-14)15(16)13-9-10-18-11-13;/h5-11,15H,3-4,16H2,1-2H3;1H/t15-;/m0./s1. The predicted octanol–water partition coefficient (Wildman–Crippen LogP) is 4.06. The molecule has 2 nitrogen and oxygen atoms in total. The molecule has 0 amide bonds. The van der Waals surface area contributed by atoms with Crippen LogP contribution in [0.1, 0.15) is 31.0 Å². The Morgan fingerprint density at radius 3 is 2.16 bits per heavy atom. The van der Waals surface area contributed by atoms with Crippen molar-refractivity contribution in [2.24, 2.45) is 5.73 Å². The van der Waals surface area contributed by atoms with Crippen molar-refractivity contribution in [2.45, 2.75) is 19.9 Å². The summed E-state index contributed by atoms with van der Waals surface area (Å²) in [5.74, 6) is 0. The fourth-order valence-corrected chi connectivity index (χ4v) is 2.82. The molecule has 19 heavy (non-hydrogen) atoms. The molecule has 1 atom stereocenters. The summed E-state index contributed by atoms with van der Waals surface area (Å²) in [6, 6.07) is 10.7. The third-order valence-electron chi connectivity index (χ3n) is 3.28. The van der Waals surface area contributed by atoms with Gasteiger partial charge in [-0.3, -0.25) is 0 Å². The van der Waals surface area contributed by atoms with E-state index in [1.54, 1.807) is 11.3 Å². The molecule has 4 heteroatoms. The zero-order valence-corrected chi connectivity index (χ0v) is 13.0. The molecule has 1 heterocycles. The minimum atomic E-state index is -0.0120. The maximum absolute atomic E-state index is 6.24. The van der Waals surface area contributed by atoms with Crippen LogP contribution in [0.4, 0.5) is 5.69 Å². The number of hydrogen-bond acceptors (Lipinski definition) is 3. The fourth-order valence-electron chi connectivity index (χ4n) is 2.13. The average molecular weight is 297 g/mol. The second kappa shape index (κ2) is 7.53. The van der Waals surface area contributed by atoms with Crippen LogP contribution in [0.2, 0.25) is 0 Å². The van der Waals surface area contributed by atoms with Gasteiger partial charge in [0, 0.05) is 18.8 Å². The molecule has 2 N–H and O–H groups in total. The Balaban J connectivity index is 0.00000180. The minimum Gasteiger partial charge on any atom is -0.372 e. The van der Waals surface area contributed by atoms with E-state index in [0.717, 1.165) is 13.1 Å². The maximum Gasteiger partial charge on any atom is 0.0559 e. The molecule has 0 aliphatic heterocycles. The SMILES string of the molecule is CCN(CC)c1ccc([C@H](N)c2ccsc2)cc1.Cl. The second-order valence-corrected chi connectivity index (χ2v) is 5.08. The number of thiophene rings is 1. The zero-order valence-electron chi connectivity index (χ0n) is 11.4. The number of anilines is 1. The van der Waals surface area contributed by atoms with Crippen molar-refractivity contribution in [2.75, 3.05) is 18.0 Å². The van der Waals surface area contributed by atoms with Crippen molar-refractivity contribution in [3.8, 4) is 0 Å². The molecule has 0 spiro atoms. The van der Waals surface area contributed by atoms with E-state index < -0.39 is 0 Å². The largest absolute Gasteiger partial charge is 0.372 e. The van der Waals surface area contributed by atoms with Crippen molar-refractivity contribution in [3.05, 3.63) is 52.2 Å². The Labute approximate surface area is 125 Å². The first-order chi connectivity index (χ1) is 8.76. The van der Waals surface area contributed by atoms with Gasteiger partial charge in [0.05, 0.1) is 6.04 Å². The molecule has 0 radical (unpaired) electrons. The Morgan fingerprint density at radius 1 is 1.05 bits per heavy atom. The number of nitrogens with zero attached hydrogens (tertiary/aromatic N) is 1. The summed E-state index contributed by atoms with van der Waals surface area (Å²) < 4.78 is 0. The van der Waals surface area contributed by atoms with Crippen LogP contribution in [0.15, 0.2) is 41.1 Å². The number of benzene rings is 1. The summed E-state index contributed by atoms with van der Waals surface area (Å²) in [5.41, 5.74) is 9.87. The van der Waals surface area contributed by atoms with E-state index in [0.29, 0.717) is 0 Å². The molecule has 0 unspecified atom stereocenters.